The Morgan fingerprint density at radius 3 is 2.59 bits per heavy atom. The molecule has 1 aromatic heterocycles. The van der Waals surface area contributed by atoms with Gasteiger partial charge in [-0.05, 0) is 31.0 Å². The van der Waals surface area contributed by atoms with Gasteiger partial charge in [0.05, 0.1) is 6.54 Å². The van der Waals surface area contributed by atoms with Gasteiger partial charge in [0.2, 0.25) is 0 Å². The van der Waals surface area contributed by atoms with Crippen molar-refractivity contribution in [3.8, 4) is 11.4 Å². The number of guanidine groups is 1. The molecule has 0 bridgehead atoms. The molecule has 0 saturated heterocycles. The molecule has 29 heavy (non-hydrogen) atoms. The molecule has 2 aromatic carbocycles. The molecule has 7 heteroatoms. The minimum atomic E-state index is 0. The summed E-state index contributed by atoms with van der Waals surface area (Å²) in [4.78, 5) is 8.98. The first-order valence-corrected chi connectivity index (χ1v) is 9.72. The molecule has 6 nitrogen and oxygen atoms in total. The summed E-state index contributed by atoms with van der Waals surface area (Å²) in [5.74, 6) is 1.96. The van der Waals surface area contributed by atoms with Crippen LogP contribution in [0.5, 0.6) is 0 Å². The van der Waals surface area contributed by atoms with E-state index in [0.717, 1.165) is 29.5 Å². The normalized spacial score (nSPS) is 13.3. The first-order valence-electron chi connectivity index (χ1n) is 9.72. The molecule has 3 rings (SSSR count). The molecule has 0 aliphatic heterocycles. The van der Waals surface area contributed by atoms with Crippen molar-refractivity contribution in [2.24, 2.45) is 4.99 Å². The first-order chi connectivity index (χ1) is 13.7. The number of nitrogens with zero attached hydrogens (tertiary/aromatic N) is 3. The monoisotopic (exact) mass is 504 g/mol. The van der Waals surface area contributed by atoms with Crippen molar-refractivity contribution < 1.29 is 0 Å². The lowest BCUT2D eigenvalue weighted by Gasteiger charge is -2.24. The number of nitrogens with one attached hydrogen (secondary N) is 3. The first kappa shape index (κ1) is 22.9. The average Bonchev–Trinajstić information content (AvgIpc) is 3.27. The molecular formula is C22H29IN6. The van der Waals surface area contributed by atoms with Gasteiger partial charge in [0.15, 0.2) is 11.8 Å². The van der Waals surface area contributed by atoms with E-state index in [1.807, 2.05) is 18.2 Å². The second-order valence-corrected chi connectivity index (χ2v) is 6.86. The Hall–Kier alpha value is -2.42. The maximum atomic E-state index is 4.77. The fourth-order valence-corrected chi connectivity index (χ4v) is 3.04. The van der Waals surface area contributed by atoms with Crippen LogP contribution in [0.2, 0.25) is 0 Å². The number of halogens is 1. The predicted octanol–water partition coefficient (Wildman–Crippen LogP) is 4.34. The van der Waals surface area contributed by atoms with Gasteiger partial charge in [-0.15, -0.1) is 24.0 Å². The highest BCUT2D eigenvalue weighted by atomic mass is 127. The van der Waals surface area contributed by atoms with Crippen LogP contribution in [0.25, 0.3) is 11.4 Å². The number of H-pyrrole nitrogens is 1. The molecular weight excluding hydrogens is 475 g/mol. The maximum absolute atomic E-state index is 4.77. The summed E-state index contributed by atoms with van der Waals surface area (Å²) in [6.45, 7) is 7.90. The quantitative estimate of drug-likeness (QED) is 0.254. The number of aromatic amines is 1. The van der Waals surface area contributed by atoms with Crippen molar-refractivity contribution in [3.05, 3.63) is 72.1 Å². The van der Waals surface area contributed by atoms with E-state index >= 15 is 0 Å². The molecule has 1 heterocycles. The van der Waals surface area contributed by atoms with E-state index in [0.29, 0.717) is 12.5 Å². The van der Waals surface area contributed by atoms with E-state index in [1.54, 1.807) is 0 Å². The molecule has 154 valence electrons. The van der Waals surface area contributed by atoms with Crippen molar-refractivity contribution in [1.82, 2.24) is 25.8 Å². The van der Waals surface area contributed by atoms with E-state index in [4.69, 9.17) is 4.99 Å². The highest BCUT2D eigenvalue weighted by molar-refractivity contribution is 14.0. The van der Waals surface area contributed by atoms with Gasteiger partial charge < -0.3 is 10.6 Å². The van der Waals surface area contributed by atoms with Gasteiger partial charge >= 0.3 is 0 Å². The zero-order valence-corrected chi connectivity index (χ0v) is 19.4. The zero-order chi connectivity index (χ0) is 19.8. The molecule has 0 amide bonds. The molecule has 0 aliphatic carbocycles. The van der Waals surface area contributed by atoms with Crippen LogP contribution in [0.15, 0.2) is 65.9 Å². The van der Waals surface area contributed by atoms with Crippen LogP contribution < -0.4 is 10.6 Å². The van der Waals surface area contributed by atoms with Crippen LogP contribution in [-0.4, -0.2) is 33.7 Å². The third kappa shape index (κ3) is 6.56. The summed E-state index contributed by atoms with van der Waals surface area (Å²) in [7, 11) is 0. The Morgan fingerprint density at radius 1 is 1.10 bits per heavy atom. The van der Waals surface area contributed by atoms with Gasteiger partial charge in [-0.3, -0.25) is 5.10 Å². The molecule has 0 radical (unpaired) electrons. The topological polar surface area (TPSA) is 78.0 Å². The highest BCUT2D eigenvalue weighted by Crippen LogP contribution is 2.19. The van der Waals surface area contributed by atoms with Crippen molar-refractivity contribution in [2.75, 3.05) is 6.54 Å². The van der Waals surface area contributed by atoms with Gasteiger partial charge in [0.1, 0.15) is 6.33 Å². The number of aromatic nitrogens is 3. The van der Waals surface area contributed by atoms with Crippen molar-refractivity contribution >= 4 is 29.9 Å². The molecule has 2 unspecified atom stereocenters. The molecule has 0 fully saturated rings. The van der Waals surface area contributed by atoms with Gasteiger partial charge in [-0.1, -0.05) is 55.5 Å². The Labute approximate surface area is 189 Å². The average molecular weight is 504 g/mol. The summed E-state index contributed by atoms with van der Waals surface area (Å²) < 4.78 is 0. The standard InChI is InChI=1S/C22H28N6.HI/c1-4-23-22(27-17(3)16(2)19-10-6-5-7-11-19)24-14-18-9-8-12-20(13-18)21-25-15-26-28-21;/h5-13,15-17H,4,14H2,1-3H3,(H2,23,24,27)(H,25,26,28);1H. The number of rotatable bonds is 7. The number of aliphatic imine (C=N–C) groups is 1. The lowest BCUT2D eigenvalue weighted by molar-refractivity contribution is 0.550. The van der Waals surface area contributed by atoms with Gasteiger partial charge in [-0.2, -0.15) is 5.10 Å². The predicted molar refractivity (Wildman–Crippen MR) is 130 cm³/mol. The van der Waals surface area contributed by atoms with E-state index in [9.17, 15) is 0 Å². The number of benzene rings is 2. The minimum absolute atomic E-state index is 0. The Kier molecular flexibility index (Phi) is 9.11. The number of hydrogen-bond acceptors (Lipinski definition) is 3. The minimum Gasteiger partial charge on any atom is -0.357 e. The summed E-state index contributed by atoms with van der Waals surface area (Å²) in [6.07, 6.45) is 1.52. The summed E-state index contributed by atoms with van der Waals surface area (Å²) in [5, 5.41) is 13.7. The van der Waals surface area contributed by atoms with Gasteiger partial charge in [-0.25, -0.2) is 9.98 Å². The Morgan fingerprint density at radius 2 is 1.90 bits per heavy atom. The van der Waals surface area contributed by atoms with Crippen LogP contribution >= 0.6 is 24.0 Å². The third-order valence-corrected chi connectivity index (χ3v) is 4.82. The zero-order valence-electron chi connectivity index (χ0n) is 17.1. The van der Waals surface area contributed by atoms with Gasteiger partial charge in [0.25, 0.3) is 0 Å². The second-order valence-electron chi connectivity index (χ2n) is 6.86. The fourth-order valence-electron chi connectivity index (χ4n) is 3.04. The summed E-state index contributed by atoms with van der Waals surface area (Å²) >= 11 is 0. The molecule has 0 saturated carbocycles. The molecule has 2 atom stereocenters. The molecule has 3 N–H and O–H groups in total. The lowest BCUT2D eigenvalue weighted by Crippen LogP contribution is -2.44. The molecule has 0 aliphatic rings. The van der Waals surface area contributed by atoms with Crippen LogP contribution in [0.1, 0.15) is 37.8 Å². The van der Waals surface area contributed by atoms with Crippen molar-refractivity contribution in [3.63, 3.8) is 0 Å². The van der Waals surface area contributed by atoms with Crippen LogP contribution in [0, 0.1) is 0 Å². The Balaban J connectivity index is 0.00000300. The maximum Gasteiger partial charge on any atom is 0.191 e. The number of hydrogen-bond donors (Lipinski definition) is 3. The van der Waals surface area contributed by atoms with Crippen LogP contribution in [0.3, 0.4) is 0 Å². The van der Waals surface area contributed by atoms with Crippen molar-refractivity contribution in [1.29, 1.82) is 0 Å². The SMILES string of the molecule is CCNC(=NCc1cccc(-c2ncn[nH]2)c1)NC(C)C(C)c1ccccc1.I. The lowest BCUT2D eigenvalue weighted by atomic mass is 9.94. The summed E-state index contributed by atoms with van der Waals surface area (Å²) in [6, 6.07) is 19.0. The van der Waals surface area contributed by atoms with Crippen LogP contribution in [-0.2, 0) is 6.54 Å². The largest absolute Gasteiger partial charge is 0.357 e. The highest BCUT2D eigenvalue weighted by Gasteiger charge is 2.15. The second kappa shape index (κ2) is 11.5. The van der Waals surface area contributed by atoms with Crippen molar-refractivity contribution in [2.45, 2.75) is 39.3 Å². The van der Waals surface area contributed by atoms with Gasteiger partial charge in [0, 0.05) is 24.1 Å². The fraction of sp³-hybridized carbons (Fsp3) is 0.318. The van der Waals surface area contributed by atoms with E-state index in [-0.39, 0.29) is 30.0 Å². The summed E-state index contributed by atoms with van der Waals surface area (Å²) in [5.41, 5.74) is 3.45. The Bertz CT molecular complexity index is 879. The van der Waals surface area contributed by atoms with E-state index < -0.39 is 0 Å². The molecule has 3 aromatic rings. The third-order valence-electron chi connectivity index (χ3n) is 4.82. The van der Waals surface area contributed by atoms with E-state index in [2.05, 4.69) is 83.0 Å². The molecule has 0 spiro atoms. The van der Waals surface area contributed by atoms with E-state index in [1.165, 1.54) is 11.9 Å². The van der Waals surface area contributed by atoms with Crippen LogP contribution in [0.4, 0.5) is 0 Å². The smallest absolute Gasteiger partial charge is 0.191 e.